The van der Waals surface area contributed by atoms with Gasteiger partial charge in [-0.2, -0.15) is 0 Å². The summed E-state index contributed by atoms with van der Waals surface area (Å²) in [5.74, 6) is 0. The Kier molecular flexibility index (Phi) is 5.23. The van der Waals surface area contributed by atoms with Crippen LogP contribution in [-0.2, 0) is 0 Å². The third kappa shape index (κ3) is 3.91. The number of hydrogen-bond acceptors (Lipinski definition) is 1. The fraction of sp³-hybridized carbons (Fsp3) is 0.143. The molecule has 1 atom stereocenters. The van der Waals surface area contributed by atoms with Crippen LogP contribution in [0.3, 0.4) is 0 Å². The van der Waals surface area contributed by atoms with Gasteiger partial charge in [-0.3, -0.25) is 0 Å². The van der Waals surface area contributed by atoms with E-state index in [1.165, 1.54) is 0 Å². The van der Waals surface area contributed by atoms with Gasteiger partial charge in [0.1, 0.15) is 0 Å². The van der Waals surface area contributed by atoms with Gasteiger partial charge in [0.15, 0.2) is 0 Å². The SMILES string of the molecule is CC(Nc1ccc(Cl)cc1I)c1ccc(Cl)cc1Cl. The van der Waals surface area contributed by atoms with Gasteiger partial charge in [0.2, 0.25) is 0 Å². The van der Waals surface area contributed by atoms with Gasteiger partial charge in [-0.15, -0.1) is 0 Å². The second-order valence-corrected chi connectivity index (χ2v) is 6.60. The fourth-order valence-electron chi connectivity index (χ4n) is 1.77. The molecule has 0 aromatic heterocycles. The first-order valence-corrected chi connectivity index (χ1v) is 7.85. The lowest BCUT2D eigenvalue weighted by Gasteiger charge is -2.18. The average Bonchev–Trinajstić information content (AvgIpc) is 2.32. The first-order chi connectivity index (χ1) is 8.97. The maximum Gasteiger partial charge on any atom is 0.0500 e. The van der Waals surface area contributed by atoms with Gasteiger partial charge in [-0.25, -0.2) is 0 Å². The zero-order chi connectivity index (χ0) is 14.0. The molecule has 1 unspecified atom stereocenters. The van der Waals surface area contributed by atoms with Crippen molar-refractivity contribution >= 4 is 63.1 Å². The normalized spacial score (nSPS) is 12.3. The van der Waals surface area contributed by atoms with Crippen molar-refractivity contribution in [1.29, 1.82) is 0 Å². The largest absolute Gasteiger partial charge is 0.378 e. The first-order valence-electron chi connectivity index (χ1n) is 5.64. The van der Waals surface area contributed by atoms with E-state index in [0.29, 0.717) is 10.0 Å². The minimum atomic E-state index is 0.0828. The molecule has 0 bridgehead atoms. The molecule has 5 heteroatoms. The minimum Gasteiger partial charge on any atom is -0.378 e. The van der Waals surface area contributed by atoms with Gasteiger partial charge in [0, 0.05) is 24.3 Å². The molecule has 2 rings (SSSR count). The number of rotatable bonds is 3. The van der Waals surface area contributed by atoms with Gasteiger partial charge in [-0.05, 0) is 65.4 Å². The van der Waals surface area contributed by atoms with E-state index in [-0.39, 0.29) is 6.04 Å². The van der Waals surface area contributed by atoms with Crippen molar-refractivity contribution in [3.8, 4) is 0 Å². The summed E-state index contributed by atoms with van der Waals surface area (Å²) in [6.45, 7) is 2.06. The second kappa shape index (κ2) is 6.53. The van der Waals surface area contributed by atoms with Crippen molar-refractivity contribution in [3.63, 3.8) is 0 Å². The van der Waals surface area contributed by atoms with Crippen LogP contribution in [0.4, 0.5) is 5.69 Å². The number of hydrogen-bond donors (Lipinski definition) is 1. The van der Waals surface area contributed by atoms with Crippen molar-refractivity contribution in [1.82, 2.24) is 0 Å². The van der Waals surface area contributed by atoms with Crippen LogP contribution in [0.5, 0.6) is 0 Å². The van der Waals surface area contributed by atoms with Crippen LogP contribution in [0.15, 0.2) is 36.4 Å². The summed E-state index contributed by atoms with van der Waals surface area (Å²) >= 11 is 20.3. The molecule has 0 amide bonds. The van der Waals surface area contributed by atoms with Gasteiger partial charge in [0.05, 0.1) is 6.04 Å². The van der Waals surface area contributed by atoms with E-state index >= 15 is 0 Å². The van der Waals surface area contributed by atoms with Gasteiger partial charge >= 0.3 is 0 Å². The number of anilines is 1. The highest BCUT2D eigenvalue weighted by molar-refractivity contribution is 14.1. The zero-order valence-electron chi connectivity index (χ0n) is 10.1. The van der Waals surface area contributed by atoms with Crippen molar-refractivity contribution in [2.24, 2.45) is 0 Å². The Morgan fingerprint density at radius 3 is 2.26 bits per heavy atom. The Labute approximate surface area is 141 Å². The molecule has 0 saturated heterocycles. The second-order valence-electron chi connectivity index (χ2n) is 4.16. The third-order valence-corrected chi connectivity index (χ3v) is 4.42. The molecule has 0 aliphatic heterocycles. The van der Waals surface area contributed by atoms with Crippen LogP contribution < -0.4 is 5.32 Å². The molecule has 100 valence electrons. The maximum atomic E-state index is 6.21. The molecule has 0 radical (unpaired) electrons. The molecule has 1 nitrogen and oxygen atoms in total. The predicted octanol–water partition coefficient (Wildman–Crippen LogP) is 6.42. The summed E-state index contributed by atoms with van der Waals surface area (Å²) in [4.78, 5) is 0. The fourth-order valence-corrected chi connectivity index (χ4v) is 3.37. The smallest absolute Gasteiger partial charge is 0.0500 e. The maximum absolute atomic E-state index is 6.21. The van der Waals surface area contributed by atoms with Crippen LogP contribution in [-0.4, -0.2) is 0 Å². The molecule has 0 spiro atoms. The Bertz CT molecular complexity index is 601. The van der Waals surface area contributed by atoms with E-state index < -0.39 is 0 Å². The Hall–Kier alpha value is -0.160. The number of benzene rings is 2. The van der Waals surface area contributed by atoms with Crippen LogP contribution in [0.2, 0.25) is 15.1 Å². The lowest BCUT2D eigenvalue weighted by atomic mass is 10.1. The topological polar surface area (TPSA) is 12.0 Å². The van der Waals surface area contributed by atoms with Gasteiger partial charge in [-0.1, -0.05) is 40.9 Å². The van der Waals surface area contributed by atoms with Gasteiger partial charge < -0.3 is 5.32 Å². The highest BCUT2D eigenvalue weighted by atomic mass is 127. The summed E-state index contributed by atoms with van der Waals surface area (Å²) in [7, 11) is 0. The Balaban J connectivity index is 2.23. The molecule has 0 aliphatic carbocycles. The molecular weight excluding hydrogens is 415 g/mol. The number of nitrogens with one attached hydrogen (secondary N) is 1. The molecule has 0 heterocycles. The molecule has 19 heavy (non-hydrogen) atoms. The quantitative estimate of drug-likeness (QED) is 0.558. The summed E-state index contributed by atoms with van der Waals surface area (Å²) in [5, 5.41) is 5.45. The summed E-state index contributed by atoms with van der Waals surface area (Å²) in [6.07, 6.45) is 0. The van der Waals surface area contributed by atoms with E-state index in [2.05, 4.69) is 34.8 Å². The standard InChI is InChI=1S/C14H11Cl3IN/c1-8(11-4-2-9(15)6-12(11)17)19-14-5-3-10(16)7-13(14)18/h2-8,19H,1H3. The summed E-state index contributed by atoms with van der Waals surface area (Å²) in [5.41, 5.74) is 2.04. The van der Waals surface area contributed by atoms with Crippen molar-refractivity contribution in [2.45, 2.75) is 13.0 Å². The van der Waals surface area contributed by atoms with Crippen LogP contribution >= 0.6 is 57.4 Å². The lowest BCUT2D eigenvalue weighted by molar-refractivity contribution is 0.884. The van der Waals surface area contributed by atoms with Gasteiger partial charge in [0.25, 0.3) is 0 Å². The molecule has 0 fully saturated rings. The third-order valence-electron chi connectivity index (χ3n) is 2.73. The molecule has 2 aromatic rings. The molecule has 0 saturated carbocycles. The lowest BCUT2D eigenvalue weighted by Crippen LogP contribution is -2.08. The highest BCUT2D eigenvalue weighted by Gasteiger charge is 2.11. The molecular formula is C14H11Cl3IN. The van der Waals surface area contributed by atoms with E-state index in [9.17, 15) is 0 Å². The van der Waals surface area contributed by atoms with Crippen molar-refractivity contribution < 1.29 is 0 Å². The minimum absolute atomic E-state index is 0.0828. The van der Waals surface area contributed by atoms with E-state index in [4.69, 9.17) is 34.8 Å². The predicted molar refractivity (Wildman–Crippen MR) is 92.7 cm³/mol. The zero-order valence-corrected chi connectivity index (χ0v) is 14.5. The van der Waals surface area contributed by atoms with Crippen molar-refractivity contribution in [2.75, 3.05) is 5.32 Å². The molecule has 0 aliphatic rings. The Morgan fingerprint density at radius 2 is 1.63 bits per heavy atom. The van der Waals surface area contributed by atoms with Crippen molar-refractivity contribution in [3.05, 3.63) is 60.6 Å². The van der Waals surface area contributed by atoms with E-state index in [1.54, 1.807) is 6.07 Å². The first kappa shape index (κ1) is 15.2. The monoisotopic (exact) mass is 425 g/mol. The van der Waals surface area contributed by atoms with E-state index in [1.807, 2.05) is 30.3 Å². The Morgan fingerprint density at radius 1 is 1.00 bits per heavy atom. The van der Waals surface area contributed by atoms with Crippen LogP contribution in [0.1, 0.15) is 18.5 Å². The highest BCUT2D eigenvalue weighted by Crippen LogP contribution is 2.30. The summed E-state index contributed by atoms with van der Waals surface area (Å²) in [6, 6.07) is 11.4. The van der Waals surface area contributed by atoms with Crippen LogP contribution in [0, 0.1) is 3.57 Å². The molecule has 1 N–H and O–H groups in total. The average molecular weight is 427 g/mol. The molecule has 2 aromatic carbocycles. The summed E-state index contributed by atoms with van der Waals surface area (Å²) < 4.78 is 1.07. The van der Waals surface area contributed by atoms with E-state index in [0.717, 1.165) is 19.8 Å². The van der Waals surface area contributed by atoms with Crippen LogP contribution in [0.25, 0.3) is 0 Å². The number of halogens is 4.